The van der Waals surface area contributed by atoms with Gasteiger partial charge in [-0.25, -0.2) is 9.97 Å². The maximum atomic E-state index is 13.4. The average Bonchev–Trinajstić information content (AvgIpc) is 3.43. The summed E-state index contributed by atoms with van der Waals surface area (Å²) in [5.41, 5.74) is 1.78. The molecule has 3 atom stereocenters. The molecule has 5 rings (SSSR count). The third-order valence-electron chi connectivity index (χ3n) is 6.23. The first kappa shape index (κ1) is 22.3. The standard InChI is InChI=1S/C24H24N4O2.CH2O2/c1-30-22-11-10-18(13-26-22)24(29)28-15-19-14-27(21-9-5-6-12-25-21)16-20(19)23(28)17-7-3-2-4-8-17;2-1-3/h2-13,19-20,23H,14-16H2,1H3;1H,(H,2,3)/t19-,20-,23-;/m0./s1. The first-order valence-electron chi connectivity index (χ1n) is 10.8. The van der Waals surface area contributed by atoms with Gasteiger partial charge >= 0.3 is 0 Å². The van der Waals surface area contributed by atoms with Crippen LogP contribution < -0.4 is 9.64 Å². The Bertz CT molecular complexity index is 1060. The maximum absolute atomic E-state index is 13.4. The van der Waals surface area contributed by atoms with Crippen molar-refractivity contribution >= 4 is 18.2 Å². The van der Waals surface area contributed by atoms with E-state index in [1.54, 1.807) is 25.4 Å². The van der Waals surface area contributed by atoms with Gasteiger partial charge in [0.1, 0.15) is 5.82 Å². The number of aromatic nitrogens is 2. The third kappa shape index (κ3) is 4.64. The van der Waals surface area contributed by atoms with Crippen LogP contribution in [0.1, 0.15) is 22.0 Å². The number of carboxylic acid groups (broad SMARTS) is 1. The number of fused-ring (bicyclic) bond motifs is 1. The van der Waals surface area contributed by atoms with Crippen molar-refractivity contribution in [3.63, 3.8) is 0 Å². The van der Waals surface area contributed by atoms with Gasteiger partial charge in [-0.05, 0) is 23.8 Å². The summed E-state index contributed by atoms with van der Waals surface area (Å²) in [5.74, 6) is 2.32. The number of carbonyl (C=O) groups excluding carboxylic acids is 1. The highest BCUT2D eigenvalue weighted by Gasteiger charge is 2.49. The monoisotopic (exact) mass is 446 g/mol. The number of carbonyl (C=O) groups is 2. The number of methoxy groups -OCH3 is 1. The van der Waals surface area contributed by atoms with Gasteiger partial charge in [-0.2, -0.15) is 0 Å². The van der Waals surface area contributed by atoms with E-state index in [4.69, 9.17) is 14.6 Å². The number of amides is 1. The molecule has 2 saturated heterocycles. The van der Waals surface area contributed by atoms with Crippen LogP contribution in [0.2, 0.25) is 0 Å². The van der Waals surface area contributed by atoms with E-state index in [-0.39, 0.29) is 18.4 Å². The number of likely N-dealkylation sites (tertiary alicyclic amines) is 1. The van der Waals surface area contributed by atoms with Crippen molar-refractivity contribution in [3.8, 4) is 5.88 Å². The van der Waals surface area contributed by atoms with Crippen LogP contribution in [0.25, 0.3) is 0 Å². The summed E-state index contributed by atoms with van der Waals surface area (Å²) in [4.78, 5) is 34.9. The van der Waals surface area contributed by atoms with Gasteiger partial charge < -0.3 is 19.6 Å². The van der Waals surface area contributed by atoms with Gasteiger partial charge in [0.25, 0.3) is 12.4 Å². The number of rotatable bonds is 4. The van der Waals surface area contributed by atoms with Gasteiger partial charge in [0.15, 0.2) is 0 Å². The van der Waals surface area contributed by atoms with Gasteiger partial charge in [0.05, 0.1) is 18.7 Å². The Balaban J connectivity index is 0.000000821. The van der Waals surface area contributed by atoms with Crippen LogP contribution in [0, 0.1) is 11.8 Å². The first-order valence-corrected chi connectivity index (χ1v) is 10.8. The number of anilines is 1. The molecule has 1 amide bonds. The summed E-state index contributed by atoms with van der Waals surface area (Å²) in [6.45, 7) is 2.29. The average molecular weight is 447 g/mol. The summed E-state index contributed by atoms with van der Waals surface area (Å²) in [6.07, 6.45) is 3.45. The maximum Gasteiger partial charge on any atom is 0.290 e. The minimum atomic E-state index is -0.250. The summed E-state index contributed by atoms with van der Waals surface area (Å²) in [7, 11) is 1.57. The molecule has 33 heavy (non-hydrogen) atoms. The Morgan fingerprint density at radius 2 is 1.79 bits per heavy atom. The zero-order valence-corrected chi connectivity index (χ0v) is 18.3. The summed E-state index contributed by atoms with van der Waals surface area (Å²) in [5, 5.41) is 6.89. The Hall–Kier alpha value is -3.94. The van der Waals surface area contributed by atoms with Crippen LogP contribution in [0.4, 0.5) is 5.82 Å². The fourth-order valence-electron chi connectivity index (χ4n) is 4.85. The molecular formula is C25H26N4O4. The van der Waals surface area contributed by atoms with Crippen LogP contribution >= 0.6 is 0 Å². The lowest BCUT2D eigenvalue weighted by atomic mass is 9.89. The number of nitrogens with zero attached hydrogens (tertiary/aromatic N) is 4. The van der Waals surface area contributed by atoms with E-state index in [9.17, 15) is 4.79 Å². The van der Waals surface area contributed by atoms with Crippen LogP contribution in [0.15, 0.2) is 73.1 Å². The lowest BCUT2D eigenvalue weighted by Crippen LogP contribution is -2.36. The normalized spacial score (nSPS) is 21.1. The van der Waals surface area contributed by atoms with E-state index in [1.165, 1.54) is 5.56 Å². The van der Waals surface area contributed by atoms with E-state index in [2.05, 4.69) is 33.1 Å². The predicted molar refractivity (Wildman–Crippen MR) is 123 cm³/mol. The Labute approximate surface area is 192 Å². The van der Waals surface area contributed by atoms with Gasteiger partial charge in [-0.15, -0.1) is 0 Å². The molecule has 2 aliphatic heterocycles. The molecule has 3 aromatic rings. The molecule has 1 N–H and O–H groups in total. The summed E-state index contributed by atoms with van der Waals surface area (Å²) < 4.78 is 5.13. The molecule has 2 fully saturated rings. The second-order valence-electron chi connectivity index (χ2n) is 8.02. The summed E-state index contributed by atoms with van der Waals surface area (Å²) in [6, 6.07) is 20.0. The molecule has 1 aromatic carbocycles. The van der Waals surface area contributed by atoms with Crippen molar-refractivity contribution in [2.45, 2.75) is 6.04 Å². The predicted octanol–water partition coefficient (Wildman–Crippen LogP) is 3.14. The van der Waals surface area contributed by atoms with Gasteiger partial charge in [0, 0.05) is 49.9 Å². The topological polar surface area (TPSA) is 95.9 Å². The highest BCUT2D eigenvalue weighted by atomic mass is 16.5. The van der Waals surface area contributed by atoms with Crippen molar-refractivity contribution in [1.29, 1.82) is 0 Å². The van der Waals surface area contributed by atoms with Gasteiger partial charge in [-0.3, -0.25) is 9.59 Å². The fourth-order valence-corrected chi connectivity index (χ4v) is 4.85. The number of hydrogen-bond donors (Lipinski definition) is 1. The first-order chi connectivity index (χ1) is 16.2. The van der Waals surface area contributed by atoms with E-state index < -0.39 is 0 Å². The van der Waals surface area contributed by atoms with Crippen molar-refractivity contribution in [2.24, 2.45) is 11.8 Å². The van der Waals surface area contributed by atoms with Crippen LogP contribution in [-0.4, -0.2) is 59.1 Å². The minimum absolute atomic E-state index is 0.0257. The molecule has 4 heterocycles. The molecule has 0 saturated carbocycles. The van der Waals surface area contributed by atoms with Crippen molar-refractivity contribution in [3.05, 3.63) is 84.2 Å². The molecular weight excluding hydrogens is 420 g/mol. The fraction of sp³-hybridized carbons (Fsp3) is 0.280. The van der Waals surface area contributed by atoms with E-state index >= 15 is 0 Å². The SMILES string of the molecule is COc1ccc(C(=O)N2C[C@@H]3CN(c4ccccn4)C[C@@H]3[C@@H]2c2ccccc2)cn1.O=CO. The quantitative estimate of drug-likeness (QED) is 0.615. The molecule has 170 valence electrons. The Morgan fingerprint density at radius 1 is 1.03 bits per heavy atom. The summed E-state index contributed by atoms with van der Waals surface area (Å²) >= 11 is 0. The molecule has 2 aromatic heterocycles. The molecule has 0 bridgehead atoms. The van der Waals surface area contributed by atoms with Crippen molar-refractivity contribution < 1.29 is 19.4 Å². The zero-order chi connectivity index (χ0) is 23.2. The lowest BCUT2D eigenvalue weighted by Gasteiger charge is -2.30. The number of hydrogen-bond acceptors (Lipinski definition) is 6. The third-order valence-corrected chi connectivity index (χ3v) is 6.23. The van der Waals surface area contributed by atoms with Crippen molar-refractivity contribution in [2.75, 3.05) is 31.6 Å². The molecule has 8 heteroatoms. The highest BCUT2D eigenvalue weighted by Crippen LogP contribution is 2.46. The smallest absolute Gasteiger partial charge is 0.290 e. The minimum Gasteiger partial charge on any atom is -0.483 e. The van der Waals surface area contributed by atoms with Crippen molar-refractivity contribution in [1.82, 2.24) is 14.9 Å². The van der Waals surface area contributed by atoms with Crippen LogP contribution in [0.3, 0.4) is 0 Å². The molecule has 8 nitrogen and oxygen atoms in total. The molecule has 0 aliphatic carbocycles. The van der Waals surface area contributed by atoms with Gasteiger partial charge in [0.2, 0.25) is 5.88 Å². The number of pyridine rings is 2. The highest BCUT2D eigenvalue weighted by molar-refractivity contribution is 5.94. The second-order valence-corrected chi connectivity index (χ2v) is 8.02. The van der Waals surface area contributed by atoms with E-state index in [0.717, 1.165) is 25.5 Å². The van der Waals surface area contributed by atoms with Gasteiger partial charge in [-0.1, -0.05) is 36.4 Å². The Kier molecular flexibility index (Phi) is 6.83. The molecule has 0 unspecified atom stereocenters. The molecule has 2 aliphatic rings. The number of benzene rings is 1. The van der Waals surface area contributed by atoms with E-state index in [0.29, 0.717) is 23.3 Å². The van der Waals surface area contributed by atoms with Crippen LogP contribution in [0.5, 0.6) is 5.88 Å². The van der Waals surface area contributed by atoms with E-state index in [1.807, 2.05) is 41.4 Å². The molecule has 0 radical (unpaired) electrons. The lowest BCUT2D eigenvalue weighted by molar-refractivity contribution is -0.122. The zero-order valence-electron chi connectivity index (χ0n) is 18.3. The molecule has 0 spiro atoms. The van der Waals surface area contributed by atoms with Crippen LogP contribution in [-0.2, 0) is 4.79 Å². The largest absolute Gasteiger partial charge is 0.483 e. The number of ether oxygens (including phenoxy) is 1. The second kappa shape index (κ2) is 10.1. The Morgan fingerprint density at radius 3 is 2.42 bits per heavy atom.